The molecule has 4 rings (SSSR count). The lowest BCUT2D eigenvalue weighted by Gasteiger charge is -2.40. The Morgan fingerprint density at radius 2 is 1.80 bits per heavy atom. The van der Waals surface area contributed by atoms with E-state index in [9.17, 15) is 14.4 Å². The quantitative estimate of drug-likeness (QED) is 0.691. The van der Waals surface area contributed by atoms with E-state index in [2.05, 4.69) is 10.6 Å². The highest BCUT2D eigenvalue weighted by Crippen LogP contribution is 2.37. The fraction of sp³-hybridized carbons (Fsp3) is 0.318. The molecule has 0 spiro atoms. The molecule has 2 aliphatic rings. The van der Waals surface area contributed by atoms with Crippen molar-refractivity contribution in [3.05, 3.63) is 69.2 Å². The Bertz CT molecular complexity index is 982. The minimum atomic E-state index is -0.693. The molecule has 1 atom stereocenters. The first-order valence-corrected chi connectivity index (χ1v) is 10.4. The minimum Gasteiger partial charge on any atom is -0.378 e. The first-order chi connectivity index (χ1) is 14.4. The zero-order valence-corrected chi connectivity index (χ0v) is 17.6. The third-order valence-corrected chi connectivity index (χ3v) is 6.26. The standard InChI is InChI=1S/C22H20Cl2N2O4/c23-16-8-13(9-17(24)19(16)15-6-7-18(27)26-20(15)28)10-25-21(29)22(11-30-12-22)14-4-2-1-3-5-14/h1-5,8-9,15H,6-7,10-12H2,(H,25,29)(H,26,27,28). The van der Waals surface area contributed by atoms with Crippen molar-refractivity contribution in [3.63, 3.8) is 0 Å². The van der Waals surface area contributed by atoms with Crippen LogP contribution in [0.25, 0.3) is 0 Å². The van der Waals surface area contributed by atoms with Crippen molar-refractivity contribution < 1.29 is 19.1 Å². The average molecular weight is 447 g/mol. The Morgan fingerprint density at radius 3 is 2.37 bits per heavy atom. The van der Waals surface area contributed by atoms with E-state index in [-0.39, 0.29) is 24.8 Å². The Hall–Kier alpha value is -2.41. The van der Waals surface area contributed by atoms with Crippen LogP contribution in [-0.4, -0.2) is 30.9 Å². The van der Waals surface area contributed by atoms with Gasteiger partial charge in [-0.15, -0.1) is 0 Å². The molecule has 2 N–H and O–H groups in total. The lowest BCUT2D eigenvalue weighted by molar-refractivity contribution is -0.145. The van der Waals surface area contributed by atoms with E-state index < -0.39 is 17.2 Å². The van der Waals surface area contributed by atoms with E-state index in [1.165, 1.54) is 0 Å². The van der Waals surface area contributed by atoms with E-state index in [1.54, 1.807) is 12.1 Å². The maximum Gasteiger partial charge on any atom is 0.235 e. The molecular formula is C22H20Cl2N2O4. The van der Waals surface area contributed by atoms with Crippen molar-refractivity contribution in [3.8, 4) is 0 Å². The van der Waals surface area contributed by atoms with Crippen molar-refractivity contribution in [1.82, 2.24) is 10.6 Å². The predicted octanol–water partition coefficient (Wildman–Crippen LogP) is 3.10. The second kappa shape index (κ2) is 8.38. The highest BCUT2D eigenvalue weighted by atomic mass is 35.5. The second-order valence-corrected chi connectivity index (χ2v) is 8.41. The van der Waals surface area contributed by atoms with Crippen molar-refractivity contribution in [2.24, 2.45) is 0 Å². The van der Waals surface area contributed by atoms with Gasteiger partial charge in [-0.3, -0.25) is 19.7 Å². The molecule has 2 aliphatic heterocycles. The first kappa shape index (κ1) is 20.8. The number of rotatable bonds is 5. The molecule has 2 aromatic rings. The van der Waals surface area contributed by atoms with Gasteiger partial charge in [0.2, 0.25) is 17.7 Å². The number of imide groups is 1. The first-order valence-electron chi connectivity index (χ1n) is 9.64. The predicted molar refractivity (Wildman–Crippen MR) is 112 cm³/mol. The van der Waals surface area contributed by atoms with Crippen molar-refractivity contribution in [2.45, 2.75) is 30.7 Å². The van der Waals surface area contributed by atoms with Gasteiger partial charge in [0.25, 0.3) is 0 Å². The maximum atomic E-state index is 12.9. The highest BCUT2D eigenvalue weighted by Gasteiger charge is 2.47. The molecule has 0 aliphatic carbocycles. The van der Waals surface area contributed by atoms with E-state index in [0.717, 1.165) is 11.1 Å². The molecule has 0 aromatic heterocycles. The maximum absolute atomic E-state index is 12.9. The van der Waals surface area contributed by atoms with Gasteiger partial charge in [0, 0.05) is 28.6 Å². The second-order valence-electron chi connectivity index (χ2n) is 7.60. The molecule has 0 bridgehead atoms. The summed E-state index contributed by atoms with van der Waals surface area (Å²) in [7, 11) is 0. The van der Waals surface area contributed by atoms with Crippen LogP contribution in [0.1, 0.15) is 35.4 Å². The number of carbonyl (C=O) groups excluding carboxylic acids is 3. The number of carbonyl (C=O) groups is 3. The molecule has 2 aromatic carbocycles. The fourth-order valence-electron chi connectivity index (χ4n) is 3.88. The van der Waals surface area contributed by atoms with Gasteiger partial charge in [0.05, 0.1) is 19.1 Å². The highest BCUT2D eigenvalue weighted by molar-refractivity contribution is 6.36. The van der Waals surface area contributed by atoms with Gasteiger partial charge >= 0.3 is 0 Å². The summed E-state index contributed by atoms with van der Waals surface area (Å²) in [6.07, 6.45) is 0.601. The Balaban J connectivity index is 1.49. The summed E-state index contributed by atoms with van der Waals surface area (Å²) >= 11 is 12.9. The summed E-state index contributed by atoms with van der Waals surface area (Å²) in [5.41, 5.74) is 1.45. The van der Waals surface area contributed by atoms with Crippen LogP contribution in [-0.2, 0) is 31.1 Å². The van der Waals surface area contributed by atoms with Crippen molar-refractivity contribution in [1.29, 1.82) is 0 Å². The molecule has 8 heteroatoms. The molecular weight excluding hydrogens is 427 g/mol. The minimum absolute atomic E-state index is 0.124. The number of hydrogen-bond acceptors (Lipinski definition) is 4. The van der Waals surface area contributed by atoms with Crippen LogP contribution in [0.5, 0.6) is 0 Å². The SMILES string of the molecule is O=C1CCC(c2c(Cl)cc(CNC(=O)C3(c4ccccc4)COC3)cc2Cl)C(=O)N1. The van der Waals surface area contributed by atoms with Crippen LogP contribution < -0.4 is 10.6 Å². The number of benzene rings is 2. The molecule has 0 radical (unpaired) electrons. The number of halogens is 2. The third-order valence-electron chi connectivity index (χ3n) is 5.64. The molecule has 2 heterocycles. The Morgan fingerprint density at radius 1 is 1.13 bits per heavy atom. The fourth-order valence-corrected chi connectivity index (χ4v) is 4.68. The van der Waals surface area contributed by atoms with Gasteiger partial charge < -0.3 is 10.1 Å². The topological polar surface area (TPSA) is 84.5 Å². The summed E-state index contributed by atoms with van der Waals surface area (Å²) in [5, 5.41) is 5.94. The number of nitrogens with one attached hydrogen (secondary N) is 2. The Kier molecular flexibility index (Phi) is 5.82. The van der Waals surface area contributed by atoms with E-state index >= 15 is 0 Å². The number of piperidine rings is 1. The van der Waals surface area contributed by atoms with Crippen molar-refractivity contribution >= 4 is 40.9 Å². The van der Waals surface area contributed by atoms with Crippen LogP contribution >= 0.6 is 23.2 Å². The largest absolute Gasteiger partial charge is 0.378 e. The van der Waals surface area contributed by atoms with Gasteiger partial charge in [0.15, 0.2) is 0 Å². The van der Waals surface area contributed by atoms with Crippen LogP contribution in [0.3, 0.4) is 0 Å². The number of amides is 3. The normalized spacial score (nSPS) is 20.3. The van der Waals surface area contributed by atoms with Gasteiger partial charge in [-0.2, -0.15) is 0 Å². The molecule has 2 fully saturated rings. The summed E-state index contributed by atoms with van der Waals surface area (Å²) in [4.78, 5) is 36.5. The van der Waals surface area contributed by atoms with Crippen LogP contribution in [0, 0.1) is 0 Å². The van der Waals surface area contributed by atoms with E-state index in [0.29, 0.717) is 35.2 Å². The zero-order valence-electron chi connectivity index (χ0n) is 16.0. The lowest BCUT2D eigenvalue weighted by Crippen LogP contribution is -2.57. The Labute approximate surface area is 183 Å². The number of hydrogen-bond donors (Lipinski definition) is 2. The van der Waals surface area contributed by atoms with Gasteiger partial charge in [-0.05, 0) is 29.7 Å². The summed E-state index contributed by atoms with van der Waals surface area (Å²) < 4.78 is 5.34. The zero-order chi connectivity index (χ0) is 21.3. The third kappa shape index (κ3) is 3.83. The monoisotopic (exact) mass is 446 g/mol. The van der Waals surface area contributed by atoms with Crippen molar-refractivity contribution in [2.75, 3.05) is 13.2 Å². The number of ether oxygens (including phenoxy) is 1. The average Bonchev–Trinajstić information content (AvgIpc) is 2.67. The summed E-state index contributed by atoms with van der Waals surface area (Å²) in [6, 6.07) is 12.9. The molecule has 6 nitrogen and oxygen atoms in total. The molecule has 156 valence electrons. The smallest absolute Gasteiger partial charge is 0.235 e. The molecule has 0 saturated carbocycles. The van der Waals surface area contributed by atoms with Crippen LogP contribution in [0.4, 0.5) is 0 Å². The van der Waals surface area contributed by atoms with Crippen LogP contribution in [0.2, 0.25) is 10.0 Å². The van der Waals surface area contributed by atoms with E-state index in [1.807, 2.05) is 30.3 Å². The van der Waals surface area contributed by atoms with Gasteiger partial charge in [-0.1, -0.05) is 53.5 Å². The summed E-state index contributed by atoms with van der Waals surface area (Å²) in [6.45, 7) is 0.903. The van der Waals surface area contributed by atoms with E-state index in [4.69, 9.17) is 27.9 Å². The lowest BCUT2D eigenvalue weighted by atomic mass is 9.77. The van der Waals surface area contributed by atoms with Gasteiger partial charge in [-0.25, -0.2) is 0 Å². The molecule has 2 saturated heterocycles. The van der Waals surface area contributed by atoms with Gasteiger partial charge in [0.1, 0.15) is 5.41 Å². The summed E-state index contributed by atoms with van der Waals surface area (Å²) in [5.74, 6) is -1.39. The molecule has 3 amide bonds. The molecule has 30 heavy (non-hydrogen) atoms. The van der Waals surface area contributed by atoms with Crippen LogP contribution in [0.15, 0.2) is 42.5 Å². The molecule has 1 unspecified atom stereocenters.